The van der Waals surface area contributed by atoms with Crippen LogP contribution in [0.3, 0.4) is 0 Å². The molecule has 2 aromatic rings. The number of halogens is 1. The van der Waals surface area contributed by atoms with Crippen LogP contribution in [0.2, 0.25) is 0 Å². The molecule has 1 atom stereocenters. The number of methoxy groups -OCH3 is 2. The van der Waals surface area contributed by atoms with E-state index in [4.69, 9.17) is 9.47 Å². The number of aromatic nitrogens is 2. The summed E-state index contributed by atoms with van der Waals surface area (Å²) in [6.07, 6.45) is 0.729. The summed E-state index contributed by atoms with van der Waals surface area (Å²) < 4.78 is 13.2. The molecule has 1 unspecified atom stereocenters. The molecule has 0 fully saturated rings. The normalized spacial score (nSPS) is 12.2. The van der Waals surface area contributed by atoms with Gasteiger partial charge in [-0.15, -0.1) is 0 Å². The molecule has 1 aromatic carbocycles. The van der Waals surface area contributed by atoms with Crippen LogP contribution in [0.4, 0.5) is 0 Å². The third kappa shape index (κ3) is 2.66. The van der Waals surface area contributed by atoms with Gasteiger partial charge < -0.3 is 14.6 Å². The average molecular weight is 341 g/mol. The van der Waals surface area contributed by atoms with Gasteiger partial charge in [0.2, 0.25) is 0 Å². The minimum absolute atomic E-state index is 0.557. The van der Waals surface area contributed by atoms with Crippen LogP contribution in [0.5, 0.6) is 11.5 Å². The Labute approximate surface area is 126 Å². The quantitative estimate of drug-likeness (QED) is 0.909. The smallest absolute Gasteiger partial charge is 0.163 e. The van der Waals surface area contributed by atoms with Gasteiger partial charge in [-0.3, -0.25) is 4.68 Å². The molecule has 1 heterocycles. The monoisotopic (exact) mass is 340 g/mol. The van der Waals surface area contributed by atoms with Gasteiger partial charge in [0, 0.05) is 16.6 Å². The molecule has 108 valence electrons. The first-order valence-electron chi connectivity index (χ1n) is 6.23. The zero-order valence-corrected chi connectivity index (χ0v) is 13.2. The number of nitrogens with zero attached hydrogens (tertiary/aromatic N) is 2. The number of benzene rings is 1. The molecular formula is C14H17BrN2O3. The minimum Gasteiger partial charge on any atom is -0.496 e. The molecule has 0 amide bonds. The van der Waals surface area contributed by atoms with Crippen LogP contribution in [-0.4, -0.2) is 29.1 Å². The predicted molar refractivity (Wildman–Crippen MR) is 79.2 cm³/mol. The second-order valence-electron chi connectivity index (χ2n) is 4.20. The zero-order valence-electron chi connectivity index (χ0n) is 11.6. The van der Waals surface area contributed by atoms with Crippen LogP contribution in [0, 0.1) is 0 Å². The summed E-state index contributed by atoms with van der Waals surface area (Å²) in [7, 11) is 3.14. The molecule has 1 N–H and O–H groups in total. The number of aliphatic hydroxyl groups excluding tert-OH is 1. The molecule has 1 aromatic heterocycles. The number of hydrogen-bond donors (Lipinski definition) is 1. The van der Waals surface area contributed by atoms with Gasteiger partial charge in [0.15, 0.2) is 5.75 Å². The Kier molecular flexibility index (Phi) is 4.67. The fraction of sp³-hybridized carbons (Fsp3) is 0.357. The van der Waals surface area contributed by atoms with Crippen LogP contribution in [0.15, 0.2) is 28.9 Å². The van der Waals surface area contributed by atoms with Crippen molar-refractivity contribution in [3.05, 3.63) is 40.1 Å². The molecule has 0 spiro atoms. The largest absolute Gasteiger partial charge is 0.496 e. The van der Waals surface area contributed by atoms with E-state index < -0.39 is 6.10 Å². The van der Waals surface area contributed by atoms with E-state index in [0.717, 1.165) is 4.47 Å². The van der Waals surface area contributed by atoms with Gasteiger partial charge in [-0.25, -0.2) is 0 Å². The number of ether oxygens (including phenoxy) is 2. The van der Waals surface area contributed by atoms with Crippen molar-refractivity contribution in [2.24, 2.45) is 0 Å². The maximum Gasteiger partial charge on any atom is 0.163 e. The summed E-state index contributed by atoms with van der Waals surface area (Å²) in [5.41, 5.74) is 1.28. The summed E-state index contributed by atoms with van der Waals surface area (Å²) in [6, 6.07) is 5.50. The van der Waals surface area contributed by atoms with Crippen molar-refractivity contribution in [1.29, 1.82) is 0 Å². The maximum absolute atomic E-state index is 10.7. The Bertz CT molecular complexity index is 577. The zero-order chi connectivity index (χ0) is 14.7. The van der Waals surface area contributed by atoms with E-state index in [1.165, 1.54) is 0 Å². The molecule has 0 bridgehead atoms. The Balaban J connectivity index is 2.53. The Hall–Kier alpha value is -1.53. The van der Waals surface area contributed by atoms with Crippen LogP contribution in [-0.2, 0) is 6.54 Å². The van der Waals surface area contributed by atoms with Crippen molar-refractivity contribution < 1.29 is 14.6 Å². The molecule has 0 saturated carbocycles. The number of hydrogen-bond acceptors (Lipinski definition) is 4. The lowest BCUT2D eigenvalue weighted by atomic mass is 10.0. The second kappa shape index (κ2) is 6.28. The van der Waals surface area contributed by atoms with Crippen molar-refractivity contribution in [2.75, 3.05) is 14.2 Å². The summed E-state index contributed by atoms with van der Waals surface area (Å²) in [5.74, 6) is 1.17. The molecule has 0 aliphatic heterocycles. The maximum atomic E-state index is 10.7. The second-order valence-corrected chi connectivity index (χ2v) is 5.12. The SMILES string of the molecule is CCn1ncc(OC)c1C(O)c1cc(Br)ccc1OC. The molecule has 0 aliphatic rings. The molecule has 5 nitrogen and oxygen atoms in total. The number of rotatable bonds is 5. The molecule has 0 aliphatic carbocycles. The summed E-state index contributed by atoms with van der Waals surface area (Å²) in [6.45, 7) is 2.60. The Morgan fingerprint density at radius 3 is 2.60 bits per heavy atom. The molecule has 0 radical (unpaired) electrons. The molecule has 2 rings (SSSR count). The van der Waals surface area contributed by atoms with Gasteiger partial charge in [0.25, 0.3) is 0 Å². The highest BCUT2D eigenvalue weighted by Crippen LogP contribution is 2.36. The van der Waals surface area contributed by atoms with E-state index >= 15 is 0 Å². The van der Waals surface area contributed by atoms with Gasteiger partial charge in [0.05, 0.1) is 20.4 Å². The minimum atomic E-state index is -0.875. The van der Waals surface area contributed by atoms with E-state index in [9.17, 15) is 5.11 Å². The number of aliphatic hydroxyl groups is 1. The lowest BCUT2D eigenvalue weighted by molar-refractivity contribution is 0.197. The van der Waals surface area contributed by atoms with Crippen LogP contribution < -0.4 is 9.47 Å². The van der Waals surface area contributed by atoms with Gasteiger partial charge >= 0.3 is 0 Å². The van der Waals surface area contributed by atoms with Crippen molar-refractivity contribution >= 4 is 15.9 Å². The highest BCUT2D eigenvalue weighted by atomic mass is 79.9. The third-order valence-electron chi connectivity index (χ3n) is 3.11. The lowest BCUT2D eigenvalue weighted by Gasteiger charge is -2.17. The Morgan fingerprint density at radius 2 is 2.00 bits per heavy atom. The van der Waals surface area contributed by atoms with Crippen LogP contribution in [0.1, 0.15) is 24.3 Å². The fourth-order valence-electron chi connectivity index (χ4n) is 2.13. The van der Waals surface area contributed by atoms with Crippen molar-refractivity contribution in [2.45, 2.75) is 19.6 Å². The first kappa shape index (κ1) is 14.9. The van der Waals surface area contributed by atoms with Crippen molar-refractivity contribution in [1.82, 2.24) is 9.78 Å². The lowest BCUT2D eigenvalue weighted by Crippen LogP contribution is -2.11. The highest BCUT2D eigenvalue weighted by molar-refractivity contribution is 9.10. The van der Waals surface area contributed by atoms with E-state index in [1.807, 2.05) is 25.1 Å². The Morgan fingerprint density at radius 1 is 1.30 bits per heavy atom. The summed E-state index contributed by atoms with van der Waals surface area (Å²) >= 11 is 3.41. The summed E-state index contributed by atoms with van der Waals surface area (Å²) in [5, 5.41) is 14.9. The van der Waals surface area contributed by atoms with E-state index in [-0.39, 0.29) is 0 Å². The van der Waals surface area contributed by atoms with Gasteiger partial charge in [0.1, 0.15) is 17.5 Å². The molecular weight excluding hydrogens is 324 g/mol. The van der Waals surface area contributed by atoms with E-state index in [0.29, 0.717) is 29.3 Å². The van der Waals surface area contributed by atoms with E-state index in [1.54, 1.807) is 25.1 Å². The predicted octanol–water partition coefficient (Wildman–Crippen LogP) is 2.76. The van der Waals surface area contributed by atoms with Gasteiger partial charge in [-0.2, -0.15) is 5.10 Å². The molecule has 6 heteroatoms. The van der Waals surface area contributed by atoms with Crippen molar-refractivity contribution in [3.63, 3.8) is 0 Å². The molecule has 20 heavy (non-hydrogen) atoms. The number of aryl methyl sites for hydroxylation is 1. The van der Waals surface area contributed by atoms with E-state index in [2.05, 4.69) is 21.0 Å². The summed E-state index contributed by atoms with van der Waals surface area (Å²) in [4.78, 5) is 0. The van der Waals surface area contributed by atoms with Crippen LogP contribution in [0.25, 0.3) is 0 Å². The molecule has 0 saturated heterocycles. The van der Waals surface area contributed by atoms with Crippen LogP contribution >= 0.6 is 15.9 Å². The van der Waals surface area contributed by atoms with Crippen molar-refractivity contribution in [3.8, 4) is 11.5 Å². The van der Waals surface area contributed by atoms with Gasteiger partial charge in [-0.05, 0) is 25.1 Å². The third-order valence-corrected chi connectivity index (χ3v) is 3.60. The average Bonchev–Trinajstić information content (AvgIpc) is 2.89. The topological polar surface area (TPSA) is 56.5 Å². The standard InChI is InChI=1S/C14H17BrN2O3/c1-4-17-13(12(20-3)8-16-17)14(18)10-7-9(15)5-6-11(10)19-2/h5-8,14,18H,4H2,1-3H3. The van der Waals surface area contributed by atoms with Gasteiger partial charge in [-0.1, -0.05) is 15.9 Å². The highest BCUT2D eigenvalue weighted by Gasteiger charge is 2.24. The first-order valence-corrected chi connectivity index (χ1v) is 7.02. The fourth-order valence-corrected chi connectivity index (χ4v) is 2.51. The first-order chi connectivity index (χ1) is 9.62.